The molecule has 4 nitrogen and oxygen atoms in total. The van der Waals surface area contributed by atoms with E-state index in [1.807, 2.05) is 29.2 Å². The molecular formula is C17H22N2O2. The third-order valence-corrected chi connectivity index (χ3v) is 4.42. The van der Waals surface area contributed by atoms with Crippen molar-refractivity contribution in [3.05, 3.63) is 29.8 Å². The maximum Gasteiger partial charge on any atom is 0.253 e. The van der Waals surface area contributed by atoms with Crippen molar-refractivity contribution in [3.8, 4) is 0 Å². The molecule has 0 aromatic heterocycles. The van der Waals surface area contributed by atoms with Gasteiger partial charge >= 0.3 is 0 Å². The molecule has 21 heavy (non-hydrogen) atoms. The Balaban J connectivity index is 1.79. The van der Waals surface area contributed by atoms with E-state index in [0.717, 1.165) is 38.2 Å². The number of hydrogen-bond donors (Lipinski definition) is 0. The molecule has 0 spiro atoms. The lowest BCUT2D eigenvalue weighted by atomic mass is 9.99. The summed E-state index contributed by atoms with van der Waals surface area (Å²) < 4.78 is 0. The zero-order valence-electron chi connectivity index (χ0n) is 12.5. The smallest absolute Gasteiger partial charge is 0.253 e. The lowest BCUT2D eigenvalue weighted by Crippen LogP contribution is -2.39. The normalized spacial score (nSPS) is 22.7. The van der Waals surface area contributed by atoms with Crippen molar-refractivity contribution in [2.24, 2.45) is 5.92 Å². The number of likely N-dealkylation sites (tertiary alicyclic amines) is 1. The Bertz CT molecular complexity index is 555. The van der Waals surface area contributed by atoms with Crippen molar-refractivity contribution in [3.63, 3.8) is 0 Å². The van der Waals surface area contributed by atoms with Crippen molar-refractivity contribution in [2.45, 2.75) is 32.6 Å². The number of carbonyl (C=O) groups excluding carboxylic acids is 2. The highest BCUT2D eigenvalue weighted by atomic mass is 16.2. The summed E-state index contributed by atoms with van der Waals surface area (Å²) in [7, 11) is 0. The van der Waals surface area contributed by atoms with Crippen LogP contribution in [0, 0.1) is 5.92 Å². The number of nitrogens with zero attached hydrogens (tertiary/aromatic N) is 2. The summed E-state index contributed by atoms with van der Waals surface area (Å²) in [6.45, 7) is 4.64. The maximum absolute atomic E-state index is 12.6. The van der Waals surface area contributed by atoms with Crippen LogP contribution in [0.25, 0.3) is 0 Å². The lowest BCUT2D eigenvalue weighted by Gasteiger charge is -2.31. The highest BCUT2D eigenvalue weighted by Crippen LogP contribution is 2.24. The Morgan fingerprint density at radius 3 is 2.81 bits per heavy atom. The molecule has 0 radical (unpaired) electrons. The summed E-state index contributed by atoms with van der Waals surface area (Å²) >= 11 is 0. The van der Waals surface area contributed by atoms with Gasteiger partial charge in [-0.25, -0.2) is 0 Å². The fraction of sp³-hybridized carbons (Fsp3) is 0.529. The minimum atomic E-state index is 0.0926. The molecule has 4 heteroatoms. The van der Waals surface area contributed by atoms with Crippen LogP contribution in [0.5, 0.6) is 0 Å². The fourth-order valence-corrected chi connectivity index (χ4v) is 3.28. The number of anilines is 1. The van der Waals surface area contributed by atoms with Crippen LogP contribution in [0.1, 0.15) is 43.0 Å². The van der Waals surface area contributed by atoms with E-state index in [0.29, 0.717) is 17.9 Å². The van der Waals surface area contributed by atoms with E-state index in [-0.39, 0.29) is 11.8 Å². The van der Waals surface area contributed by atoms with E-state index in [1.54, 1.807) is 4.90 Å². The zero-order chi connectivity index (χ0) is 14.8. The molecule has 112 valence electrons. The second kappa shape index (κ2) is 5.88. The predicted octanol–water partition coefficient (Wildman–Crippen LogP) is 2.69. The third kappa shape index (κ3) is 2.94. The fourth-order valence-electron chi connectivity index (χ4n) is 3.28. The molecule has 0 N–H and O–H groups in total. The van der Waals surface area contributed by atoms with E-state index in [9.17, 15) is 9.59 Å². The molecule has 2 aliphatic heterocycles. The molecule has 0 aliphatic carbocycles. The van der Waals surface area contributed by atoms with E-state index in [2.05, 4.69) is 6.92 Å². The van der Waals surface area contributed by atoms with Crippen LogP contribution in [-0.2, 0) is 4.79 Å². The number of carbonyl (C=O) groups is 2. The molecular weight excluding hydrogens is 264 g/mol. The summed E-state index contributed by atoms with van der Waals surface area (Å²) in [4.78, 5) is 28.2. The van der Waals surface area contributed by atoms with E-state index >= 15 is 0 Å². The molecule has 0 saturated carbocycles. The van der Waals surface area contributed by atoms with E-state index in [4.69, 9.17) is 0 Å². The number of amides is 2. The Morgan fingerprint density at radius 2 is 2.10 bits per heavy atom. The molecule has 2 amide bonds. The van der Waals surface area contributed by atoms with Gasteiger partial charge in [0.1, 0.15) is 0 Å². The number of benzene rings is 1. The van der Waals surface area contributed by atoms with E-state index in [1.165, 1.54) is 6.42 Å². The number of hydrogen-bond acceptors (Lipinski definition) is 2. The van der Waals surface area contributed by atoms with Crippen molar-refractivity contribution in [2.75, 3.05) is 24.5 Å². The van der Waals surface area contributed by atoms with E-state index < -0.39 is 0 Å². The first-order chi connectivity index (χ1) is 10.1. The van der Waals surface area contributed by atoms with Gasteiger partial charge in [-0.2, -0.15) is 0 Å². The summed E-state index contributed by atoms with van der Waals surface area (Å²) in [5, 5.41) is 0. The standard InChI is InChI=1S/C17H22N2O2/c1-13-5-3-9-18(12-13)17(21)14-6-2-7-15(11-14)19-10-4-8-16(19)20/h2,6-7,11,13H,3-5,8-10,12H2,1H3/t13-/m0/s1. The summed E-state index contributed by atoms with van der Waals surface area (Å²) in [6, 6.07) is 7.51. The lowest BCUT2D eigenvalue weighted by molar-refractivity contribution is -0.117. The minimum absolute atomic E-state index is 0.0926. The molecule has 2 aliphatic rings. The summed E-state index contributed by atoms with van der Waals surface area (Å²) in [5.41, 5.74) is 1.55. The van der Waals surface area contributed by atoms with Crippen LogP contribution in [-0.4, -0.2) is 36.3 Å². The molecule has 2 saturated heterocycles. The topological polar surface area (TPSA) is 40.6 Å². The van der Waals surface area contributed by atoms with Crippen LogP contribution in [0.2, 0.25) is 0 Å². The molecule has 3 rings (SSSR count). The van der Waals surface area contributed by atoms with Gasteiger partial charge < -0.3 is 9.80 Å². The van der Waals surface area contributed by atoms with Crippen molar-refractivity contribution < 1.29 is 9.59 Å². The second-order valence-electron chi connectivity index (χ2n) is 6.20. The minimum Gasteiger partial charge on any atom is -0.338 e. The quantitative estimate of drug-likeness (QED) is 0.838. The SMILES string of the molecule is C[C@H]1CCCN(C(=O)c2cccc(N3CCCC3=O)c2)C1. The van der Waals surface area contributed by atoms with Gasteiger partial charge in [0, 0.05) is 37.3 Å². The van der Waals surface area contributed by atoms with Gasteiger partial charge in [0.2, 0.25) is 5.91 Å². The molecule has 1 aromatic rings. The molecule has 2 heterocycles. The van der Waals surface area contributed by atoms with Crippen molar-refractivity contribution in [1.82, 2.24) is 4.90 Å². The van der Waals surface area contributed by atoms with Crippen molar-refractivity contribution >= 4 is 17.5 Å². The molecule has 1 aromatic carbocycles. The van der Waals surface area contributed by atoms with Crippen LogP contribution in [0.3, 0.4) is 0 Å². The van der Waals surface area contributed by atoms with Gasteiger partial charge in [-0.05, 0) is 43.4 Å². The first-order valence-corrected chi connectivity index (χ1v) is 7.85. The average Bonchev–Trinajstić information content (AvgIpc) is 2.93. The number of rotatable bonds is 2. The van der Waals surface area contributed by atoms with Crippen LogP contribution >= 0.6 is 0 Å². The highest BCUT2D eigenvalue weighted by Gasteiger charge is 2.25. The van der Waals surface area contributed by atoms with Gasteiger partial charge in [0.05, 0.1) is 0 Å². The monoisotopic (exact) mass is 286 g/mol. The summed E-state index contributed by atoms with van der Waals surface area (Å²) in [5.74, 6) is 0.826. The van der Waals surface area contributed by atoms with Crippen LogP contribution < -0.4 is 4.90 Å². The predicted molar refractivity (Wildman–Crippen MR) is 82.3 cm³/mol. The Kier molecular flexibility index (Phi) is 3.95. The summed E-state index contributed by atoms with van der Waals surface area (Å²) in [6.07, 6.45) is 3.80. The van der Waals surface area contributed by atoms with Gasteiger partial charge in [0.15, 0.2) is 0 Å². The van der Waals surface area contributed by atoms with Crippen molar-refractivity contribution in [1.29, 1.82) is 0 Å². The zero-order valence-corrected chi connectivity index (χ0v) is 12.5. The molecule has 2 fully saturated rings. The first-order valence-electron chi connectivity index (χ1n) is 7.85. The first kappa shape index (κ1) is 14.1. The van der Waals surface area contributed by atoms with Gasteiger partial charge in [0.25, 0.3) is 5.91 Å². The average molecular weight is 286 g/mol. The maximum atomic E-state index is 12.6. The molecule has 0 unspecified atom stereocenters. The Morgan fingerprint density at radius 1 is 1.24 bits per heavy atom. The Hall–Kier alpha value is -1.84. The molecule has 0 bridgehead atoms. The van der Waals surface area contributed by atoms with Crippen LogP contribution in [0.15, 0.2) is 24.3 Å². The highest BCUT2D eigenvalue weighted by molar-refractivity contribution is 5.99. The molecule has 1 atom stereocenters. The van der Waals surface area contributed by atoms with Gasteiger partial charge in [-0.1, -0.05) is 13.0 Å². The number of piperidine rings is 1. The largest absolute Gasteiger partial charge is 0.338 e. The van der Waals surface area contributed by atoms with Gasteiger partial charge in [-0.3, -0.25) is 9.59 Å². The van der Waals surface area contributed by atoms with Gasteiger partial charge in [-0.15, -0.1) is 0 Å². The Labute approximate surface area is 125 Å². The third-order valence-electron chi connectivity index (χ3n) is 4.42. The van der Waals surface area contributed by atoms with Crippen LogP contribution in [0.4, 0.5) is 5.69 Å². The second-order valence-corrected chi connectivity index (χ2v) is 6.20.